The fourth-order valence-corrected chi connectivity index (χ4v) is 3.23. The fraction of sp³-hybridized carbons (Fsp3) is 0.870. The molecule has 0 saturated carbocycles. The lowest BCUT2D eigenvalue weighted by Crippen LogP contribution is -2.31. The average molecular weight is 352 g/mol. The van der Waals surface area contributed by atoms with Crippen LogP contribution in [0.3, 0.4) is 0 Å². The Labute approximate surface area is 158 Å². The Bertz CT molecular complexity index is 311. The zero-order valence-electron chi connectivity index (χ0n) is 17.5. The molecule has 0 aliphatic rings. The van der Waals surface area contributed by atoms with Crippen LogP contribution < -0.4 is 0 Å². The van der Waals surface area contributed by atoms with Crippen LogP contribution in [0.1, 0.15) is 117 Å². The highest BCUT2D eigenvalue weighted by atomic mass is 16.2. The Morgan fingerprint density at radius 2 is 1.20 bits per heavy atom. The van der Waals surface area contributed by atoms with Crippen molar-refractivity contribution in [1.29, 1.82) is 0 Å². The number of nitrogens with zero attached hydrogens (tertiary/aromatic N) is 1. The number of hydrogen-bond acceptors (Lipinski definition) is 1. The van der Waals surface area contributed by atoms with Crippen LogP contribution in [0.4, 0.5) is 0 Å². The monoisotopic (exact) mass is 351 g/mol. The van der Waals surface area contributed by atoms with Crippen LogP contribution in [0.2, 0.25) is 0 Å². The van der Waals surface area contributed by atoms with Gasteiger partial charge in [0, 0.05) is 19.5 Å². The molecule has 0 unspecified atom stereocenters. The van der Waals surface area contributed by atoms with E-state index >= 15 is 0 Å². The number of amides is 1. The van der Waals surface area contributed by atoms with E-state index in [9.17, 15) is 4.79 Å². The summed E-state index contributed by atoms with van der Waals surface area (Å²) in [6.45, 7) is 8.26. The van der Waals surface area contributed by atoms with Gasteiger partial charge in [0.1, 0.15) is 0 Å². The molecule has 0 aliphatic heterocycles. The van der Waals surface area contributed by atoms with Gasteiger partial charge >= 0.3 is 0 Å². The molecular formula is C23H45NO. The van der Waals surface area contributed by atoms with Crippen molar-refractivity contribution in [2.45, 2.75) is 117 Å². The quantitative estimate of drug-likeness (QED) is 0.188. The van der Waals surface area contributed by atoms with E-state index in [0.717, 1.165) is 32.4 Å². The summed E-state index contributed by atoms with van der Waals surface area (Å²) in [4.78, 5) is 14.0. The minimum Gasteiger partial charge on any atom is -0.343 e. The number of allylic oxidation sites excluding steroid dienone is 2. The Morgan fingerprint density at radius 1 is 0.680 bits per heavy atom. The molecular weight excluding hydrogens is 306 g/mol. The summed E-state index contributed by atoms with van der Waals surface area (Å²) in [5.74, 6) is 0.349. The molecule has 0 rings (SSSR count). The highest BCUT2D eigenvalue weighted by Crippen LogP contribution is 2.10. The van der Waals surface area contributed by atoms with Crippen LogP contribution in [-0.2, 0) is 4.79 Å². The molecule has 25 heavy (non-hydrogen) atoms. The van der Waals surface area contributed by atoms with Crippen LogP contribution in [0.25, 0.3) is 0 Å². The predicted molar refractivity (Wildman–Crippen MR) is 112 cm³/mol. The van der Waals surface area contributed by atoms with E-state index in [2.05, 4.69) is 32.9 Å². The van der Waals surface area contributed by atoms with Crippen LogP contribution in [-0.4, -0.2) is 23.9 Å². The number of hydrogen-bond donors (Lipinski definition) is 0. The second-order valence-electron chi connectivity index (χ2n) is 7.31. The molecule has 2 nitrogen and oxygen atoms in total. The lowest BCUT2D eigenvalue weighted by Gasteiger charge is -2.19. The van der Waals surface area contributed by atoms with E-state index in [-0.39, 0.29) is 0 Å². The lowest BCUT2D eigenvalue weighted by atomic mass is 10.1. The summed E-state index contributed by atoms with van der Waals surface area (Å²) in [5.41, 5.74) is 0. The SMILES string of the molecule is CCCCCCCC/C=C\CCCCCCCC(=O)N(CC)CCC. The van der Waals surface area contributed by atoms with Crippen LogP contribution in [0.15, 0.2) is 12.2 Å². The molecule has 0 aliphatic carbocycles. The number of carbonyl (C=O) groups excluding carboxylic acids is 1. The lowest BCUT2D eigenvalue weighted by molar-refractivity contribution is -0.131. The molecule has 0 fully saturated rings. The van der Waals surface area contributed by atoms with E-state index in [1.54, 1.807) is 0 Å². The number of unbranched alkanes of at least 4 members (excludes halogenated alkanes) is 11. The van der Waals surface area contributed by atoms with Crippen LogP contribution in [0, 0.1) is 0 Å². The maximum atomic E-state index is 12.0. The van der Waals surface area contributed by atoms with Crippen molar-refractivity contribution in [3.05, 3.63) is 12.2 Å². The minimum atomic E-state index is 0.349. The summed E-state index contributed by atoms with van der Waals surface area (Å²) < 4.78 is 0. The van der Waals surface area contributed by atoms with Gasteiger partial charge in [-0.15, -0.1) is 0 Å². The molecule has 0 heterocycles. The van der Waals surface area contributed by atoms with E-state index < -0.39 is 0 Å². The van der Waals surface area contributed by atoms with Crippen molar-refractivity contribution in [2.24, 2.45) is 0 Å². The van der Waals surface area contributed by atoms with Crippen molar-refractivity contribution >= 4 is 5.91 Å². The summed E-state index contributed by atoms with van der Waals surface area (Å²) in [6, 6.07) is 0. The molecule has 0 aromatic carbocycles. The van der Waals surface area contributed by atoms with Crippen LogP contribution in [0.5, 0.6) is 0 Å². The Kier molecular flexibility index (Phi) is 18.9. The molecule has 0 saturated heterocycles. The Balaban J connectivity index is 3.33. The van der Waals surface area contributed by atoms with Gasteiger partial charge in [0.2, 0.25) is 5.91 Å². The summed E-state index contributed by atoms with van der Waals surface area (Å²) in [7, 11) is 0. The third kappa shape index (κ3) is 16.4. The molecule has 0 aromatic heterocycles. The summed E-state index contributed by atoms with van der Waals surface area (Å²) in [6.07, 6.45) is 23.5. The number of carbonyl (C=O) groups is 1. The van der Waals surface area contributed by atoms with Gasteiger partial charge in [-0.25, -0.2) is 0 Å². The third-order valence-electron chi connectivity index (χ3n) is 4.88. The van der Waals surface area contributed by atoms with Crippen molar-refractivity contribution in [3.63, 3.8) is 0 Å². The maximum Gasteiger partial charge on any atom is 0.222 e. The zero-order valence-corrected chi connectivity index (χ0v) is 17.5. The molecule has 0 atom stereocenters. The van der Waals surface area contributed by atoms with E-state index in [0.29, 0.717) is 5.91 Å². The Hall–Kier alpha value is -0.790. The van der Waals surface area contributed by atoms with Gasteiger partial charge in [0.15, 0.2) is 0 Å². The topological polar surface area (TPSA) is 20.3 Å². The first kappa shape index (κ1) is 24.2. The van der Waals surface area contributed by atoms with E-state index in [4.69, 9.17) is 0 Å². The molecule has 1 amide bonds. The predicted octanol–water partition coefficient (Wildman–Crippen LogP) is 7.28. The van der Waals surface area contributed by atoms with Crippen LogP contribution >= 0.6 is 0 Å². The molecule has 0 radical (unpaired) electrons. The minimum absolute atomic E-state index is 0.349. The first-order chi connectivity index (χ1) is 12.3. The van der Waals surface area contributed by atoms with Crippen molar-refractivity contribution in [3.8, 4) is 0 Å². The fourth-order valence-electron chi connectivity index (χ4n) is 3.23. The van der Waals surface area contributed by atoms with Gasteiger partial charge in [0.25, 0.3) is 0 Å². The standard InChI is InChI=1S/C23H45NO/c1-4-7-8-9-10-11-12-13-14-15-16-17-18-19-20-21-23(25)24(6-3)22-5-2/h13-14H,4-12,15-22H2,1-3H3/b14-13-. The van der Waals surface area contributed by atoms with Gasteiger partial charge in [-0.05, 0) is 45.4 Å². The largest absolute Gasteiger partial charge is 0.343 e. The van der Waals surface area contributed by atoms with Gasteiger partial charge in [-0.2, -0.15) is 0 Å². The molecule has 0 aromatic rings. The highest BCUT2D eigenvalue weighted by Gasteiger charge is 2.09. The maximum absolute atomic E-state index is 12.0. The zero-order chi connectivity index (χ0) is 18.6. The first-order valence-electron chi connectivity index (χ1n) is 11.2. The van der Waals surface area contributed by atoms with Gasteiger partial charge < -0.3 is 4.90 Å². The smallest absolute Gasteiger partial charge is 0.222 e. The second-order valence-corrected chi connectivity index (χ2v) is 7.31. The second kappa shape index (κ2) is 19.5. The molecule has 148 valence electrons. The van der Waals surface area contributed by atoms with E-state index in [1.807, 2.05) is 4.90 Å². The number of rotatable bonds is 18. The third-order valence-corrected chi connectivity index (χ3v) is 4.88. The molecule has 0 N–H and O–H groups in total. The van der Waals surface area contributed by atoms with Crippen molar-refractivity contribution in [1.82, 2.24) is 4.90 Å². The molecule has 0 spiro atoms. The van der Waals surface area contributed by atoms with Crippen molar-refractivity contribution in [2.75, 3.05) is 13.1 Å². The van der Waals surface area contributed by atoms with Gasteiger partial charge in [0.05, 0.1) is 0 Å². The summed E-state index contributed by atoms with van der Waals surface area (Å²) >= 11 is 0. The first-order valence-corrected chi connectivity index (χ1v) is 11.2. The molecule has 0 bridgehead atoms. The normalized spacial score (nSPS) is 11.3. The van der Waals surface area contributed by atoms with Gasteiger partial charge in [-0.3, -0.25) is 4.79 Å². The van der Waals surface area contributed by atoms with Gasteiger partial charge in [-0.1, -0.05) is 77.4 Å². The molecule has 2 heteroatoms. The highest BCUT2D eigenvalue weighted by molar-refractivity contribution is 5.76. The van der Waals surface area contributed by atoms with Crippen molar-refractivity contribution < 1.29 is 4.79 Å². The summed E-state index contributed by atoms with van der Waals surface area (Å²) in [5, 5.41) is 0. The van der Waals surface area contributed by atoms with E-state index in [1.165, 1.54) is 77.0 Å². The Morgan fingerprint density at radius 3 is 1.72 bits per heavy atom. The average Bonchev–Trinajstić information content (AvgIpc) is 2.62.